The topological polar surface area (TPSA) is 82.8 Å². The molecule has 0 radical (unpaired) electrons. The number of carbonyl (C=O) groups is 1. The molecule has 4 rings (SSSR count). The maximum absolute atomic E-state index is 13.9. The van der Waals surface area contributed by atoms with Crippen LogP contribution >= 0.6 is 0 Å². The molecule has 2 aromatic rings. The standard InChI is InChI=1S/C21H21F6N5O2/c1-10-4-5-13(6-11(10)2)14-7-16(20(22,23)24)31-17(28-14)8-15(30-31)18(33)32-19(34,21(25,26)27)9-12(3)29-32/h4-6,8,14,16,28,34H,7,9H2,1-3H3/t14-,16+,19-/m0/s1. The van der Waals surface area contributed by atoms with Crippen molar-refractivity contribution in [1.29, 1.82) is 0 Å². The van der Waals surface area contributed by atoms with Gasteiger partial charge in [-0.3, -0.25) is 4.79 Å². The summed E-state index contributed by atoms with van der Waals surface area (Å²) in [4.78, 5) is 12.8. The zero-order valence-electron chi connectivity index (χ0n) is 18.3. The van der Waals surface area contributed by atoms with Crippen molar-refractivity contribution in [3.05, 3.63) is 46.6 Å². The molecule has 1 amide bonds. The van der Waals surface area contributed by atoms with Gasteiger partial charge in [0, 0.05) is 24.6 Å². The largest absolute Gasteiger partial charge is 0.438 e. The van der Waals surface area contributed by atoms with E-state index in [0.717, 1.165) is 17.2 Å². The summed E-state index contributed by atoms with van der Waals surface area (Å²) < 4.78 is 82.7. The SMILES string of the molecule is CC1=NN(C(=O)c2cc3n(n2)[C@@H](C(F)(F)F)C[C@@H](c2ccc(C)c(C)c2)N3)[C@@](O)(C(F)(F)F)C1. The van der Waals surface area contributed by atoms with Crippen molar-refractivity contribution < 1.29 is 36.2 Å². The first-order valence-electron chi connectivity index (χ1n) is 10.3. The van der Waals surface area contributed by atoms with E-state index in [4.69, 9.17) is 0 Å². The van der Waals surface area contributed by atoms with Crippen molar-refractivity contribution >= 4 is 17.4 Å². The van der Waals surface area contributed by atoms with Gasteiger partial charge in [0.15, 0.2) is 11.7 Å². The van der Waals surface area contributed by atoms with Gasteiger partial charge in [-0.25, -0.2) is 4.68 Å². The molecular formula is C21H21F6N5O2. The Morgan fingerprint density at radius 2 is 1.79 bits per heavy atom. The molecule has 2 N–H and O–H groups in total. The van der Waals surface area contributed by atoms with E-state index in [1.165, 1.54) is 6.92 Å². The van der Waals surface area contributed by atoms with Crippen molar-refractivity contribution in [3.8, 4) is 0 Å². The van der Waals surface area contributed by atoms with Gasteiger partial charge in [0.2, 0.25) is 0 Å². The van der Waals surface area contributed by atoms with Gasteiger partial charge in [0.05, 0.1) is 6.04 Å². The van der Waals surface area contributed by atoms with Crippen LogP contribution in [-0.2, 0) is 0 Å². The molecule has 0 saturated carbocycles. The molecule has 0 bridgehead atoms. The third-order valence-electron chi connectivity index (χ3n) is 6.11. The van der Waals surface area contributed by atoms with Crippen LogP contribution in [-0.4, -0.2) is 49.6 Å². The maximum atomic E-state index is 13.9. The number of hydrogen-bond acceptors (Lipinski definition) is 5. The smallest absolute Gasteiger partial charge is 0.363 e. The second-order valence-corrected chi connectivity index (χ2v) is 8.64. The number of carbonyl (C=O) groups excluding carboxylic acids is 1. The summed E-state index contributed by atoms with van der Waals surface area (Å²) in [5.41, 5.74) is -2.06. The van der Waals surface area contributed by atoms with Crippen LogP contribution in [0.2, 0.25) is 0 Å². The van der Waals surface area contributed by atoms with Crippen molar-refractivity contribution in [2.24, 2.45) is 5.10 Å². The Labute approximate surface area is 190 Å². The first-order valence-corrected chi connectivity index (χ1v) is 10.3. The van der Waals surface area contributed by atoms with Crippen LogP contribution in [0.4, 0.5) is 32.2 Å². The summed E-state index contributed by atoms with van der Waals surface area (Å²) in [5.74, 6) is -1.65. The number of aliphatic hydroxyl groups is 1. The summed E-state index contributed by atoms with van der Waals surface area (Å²) >= 11 is 0. The minimum Gasteiger partial charge on any atom is -0.363 e. The van der Waals surface area contributed by atoms with E-state index in [2.05, 4.69) is 15.5 Å². The number of fused-ring (bicyclic) bond motifs is 1. The predicted octanol–water partition coefficient (Wildman–Crippen LogP) is 4.63. The van der Waals surface area contributed by atoms with E-state index in [0.29, 0.717) is 10.2 Å². The highest BCUT2D eigenvalue weighted by Crippen LogP contribution is 2.45. The van der Waals surface area contributed by atoms with Crippen molar-refractivity contribution in [3.63, 3.8) is 0 Å². The third kappa shape index (κ3) is 3.91. The summed E-state index contributed by atoms with van der Waals surface area (Å²) in [5, 5.41) is 20.0. The highest BCUT2D eigenvalue weighted by molar-refractivity contribution is 5.97. The van der Waals surface area contributed by atoms with E-state index in [9.17, 15) is 36.2 Å². The average molecular weight is 489 g/mol. The van der Waals surface area contributed by atoms with Gasteiger partial charge in [0.1, 0.15) is 5.82 Å². The summed E-state index contributed by atoms with van der Waals surface area (Å²) in [6.07, 6.45) is -11.4. The van der Waals surface area contributed by atoms with Gasteiger partial charge >= 0.3 is 12.4 Å². The lowest BCUT2D eigenvalue weighted by Crippen LogP contribution is -2.56. The van der Waals surface area contributed by atoms with Crippen LogP contribution in [0.5, 0.6) is 0 Å². The number of hydrogen-bond donors (Lipinski definition) is 2. The highest BCUT2D eigenvalue weighted by atomic mass is 19.4. The van der Waals surface area contributed by atoms with Gasteiger partial charge in [-0.15, -0.1) is 0 Å². The predicted molar refractivity (Wildman–Crippen MR) is 109 cm³/mol. The zero-order valence-corrected chi connectivity index (χ0v) is 18.3. The molecule has 0 saturated heterocycles. The minimum absolute atomic E-state index is 0.167. The summed E-state index contributed by atoms with van der Waals surface area (Å²) in [6.45, 7) is 4.88. The van der Waals surface area contributed by atoms with E-state index in [1.807, 2.05) is 13.8 Å². The van der Waals surface area contributed by atoms with Crippen LogP contribution in [0.3, 0.4) is 0 Å². The molecule has 0 fully saturated rings. The Hall–Kier alpha value is -3.09. The number of halogens is 6. The van der Waals surface area contributed by atoms with Crippen LogP contribution in [0, 0.1) is 13.8 Å². The lowest BCUT2D eigenvalue weighted by Gasteiger charge is -2.33. The summed E-state index contributed by atoms with van der Waals surface area (Å²) in [7, 11) is 0. The number of rotatable bonds is 2. The Bertz CT molecular complexity index is 1170. The fraction of sp³-hybridized carbons (Fsp3) is 0.476. The Morgan fingerprint density at radius 1 is 1.12 bits per heavy atom. The Morgan fingerprint density at radius 3 is 2.38 bits per heavy atom. The molecule has 1 aromatic heterocycles. The molecule has 0 aliphatic carbocycles. The average Bonchev–Trinajstić information content (AvgIpc) is 3.28. The quantitative estimate of drug-likeness (QED) is 0.603. The zero-order chi connectivity index (χ0) is 25.2. The van der Waals surface area contributed by atoms with Crippen molar-refractivity contribution in [1.82, 2.24) is 14.8 Å². The first kappa shape index (κ1) is 24.0. The van der Waals surface area contributed by atoms with Gasteiger partial charge < -0.3 is 10.4 Å². The molecule has 2 aliphatic heterocycles. The number of benzene rings is 1. The van der Waals surface area contributed by atoms with Gasteiger partial charge in [-0.1, -0.05) is 18.2 Å². The van der Waals surface area contributed by atoms with Gasteiger partial charge in [-0.2, -0.15) is 41.6 Å². The van der Waals surface area contributed by atoms with Crippen LogP contribution in [0.15, 0.2) is 29.4 Å². The van der Waals surface area contributed by atoms with Crippen LogP contribution in [0.25, 0.3) is 0 Å². The maximum Gasteiger partial charge on any atom is 0.438 e. The number of hydrazone groups is 1. The summed E-state index contributed by atoms with van der Waals surface area (Å²) in [6, 6.07) is 3.26. The highest BCUT2D eigenvalue weighted by Gasteiger charge is 2.63. The number of nitrogens with zero attached hydrogens (tertiary/aromatic N) is 4. The molecule has 0 spiro atoms. The van der Waals surface area contributed by atoms with E-state index < -0.39 is 54.6 Å². The number of nitrogens with one attached hydrogen (secondary N) is 1. The molecule has 0 unspecified atom stereocenters. The molecular weight excluding hydrogens is 468 g/mol. The monoisotopic (exact) mass is 489 g/mol. The second kappa shape index (κ2) is 7.72. The molecule has 7 nitrogen and oxygen atoms in total. The minimum atomic E-state index is -5.25. The normalized spacial score (nSPS) is 25.1. The Kier molecular flexibility index (Phi) is 5.46. The first-order chi connectivity index (χ1) is 15.6. The number of anilines is 1. The number of amides is 1. The lowest BCUT2D eigenvalue weighted by molar-refractivity contribution is -0.297. The van der Waals surface area contributed by atoms with Gasteiger partial charge in [0.25, 0.3) is 11.6 Å². The fourth-order valence-corrected chi connectivity index (χ4v) is 4.14. The fourth-order valence-electron chi connectivity index (χ4n) is 4.14. The molecule has 3 atom stereocenters. The molecule has 2 aliphatic rings. The van der Waals surface area contributed by atoms with Crippen LogP contribution < -0.4 is 5.32 Å². The van der Waals surface area contributed by atoms with Crippen molar-refractivity contribution in [2.45, 2.75) is 63.8 Å². The van der Waals surface area contributed by atoms with E-state index >= 15 is 0 Å². The number of alkyl halides is 6. The molecule has 184 valence electrons. The lowest BCUT2D eigenvalue weighted by atomic mass is 9.94. The molecule has 13 heteroatoms. The molecule has 34 heavy (non-hydrogen) atoms. The second-order valence-electron chi connectivity index (χ2n) is 8.64. The number of aryl methyl sites for hydroxylation is 2. The molecule has 3 heterocycles. The van der Waals surface area contributed by atoms with Crippen molar-refractivity contribution in [2.75, 3.05) is 5.32 Å². The Balaban J connectivity index is 1.73. The van der Waals surface area contributed by atoms with Crippen LogP contribution in [0.1, 0.15) is 59.0 Å². The van der Waals surface area contributed by atoms with E-state index in [1.54, 1.807) is 18.2 Å². The van der Waals surface area contributed by atoms with Gasteiger partial charge in [-0.05, 0) is 37.5 Å². The number of aromatic nitrogens is 2. The third-order valence-corrected chi connectivity index (χ3v) is 6.11. The molecule has 1 aromatic carbocycles. The van der Waals surface area contributed by atoms with E-state index in [-0.39, 0.29) is 16.5 Å².